The highest BCUT2D eigenvalue weighted by atomic mass is 19.4. The van der Waals surface area contributed by atoms with Crippen LogP contribution in [0, 0.1) is 0 Å². The molecule has 3 nitrogen and oxygen atoms in total. The van der Waals surface area contributed by atoms with E-state index in [1.165, 1.54) is 12.1 Å². The zero-order valence-electron chi connectivity index (χ0n) is 12.3. The molecule has 0 aromatic heterocycles. The molecule has 0 aliphatic rings. The molecule has 3 N–H and O–H groups in total. The van der Waals surface area contributed by atoms with Crippen molar-refractivity contribution >= 4 is 11.6 Å². The van der Waals surface area contributed by atoms with Gasteiger partial charge in [-0.1, -0.05) is 36.4 Å². The lowest BCUT2D eigenvalue weighted by molar-refractivity contribution is -0.137. The summed E-state index contributed by atoms with van der Waals surface area (Å²) in [5.74, 6) is -0.500. The van der Waals surface area contributed by atoms with Crippen molar-refractivity contribution in [3.05, 3.63) is 65.7 Å². The molecule has 0 aliphatic heterocycles. The number of hydrogen-bond acceptors (Lipinski definition) is 2. The summed E-state index contributed by atoms with van der Waals surface area (Å²) in [5, 5.41) is 2.43. The van der Waals surface area contributed by atoms with Crippen molar-refractivity contribution in [1.82, 2.24) is 0 Å². The second-order valence-electron chi connectivity index (χ2n) is 5.20. The lowest BCUT2D eigenvalue weighted by Crippen LogP contribution is -2.36. The molecule has 0 unspecified atom stereocenters. The van der Waals surface area contributed by atoms with Crippen molar-refractivity contribution < 1.29 is 18.0 Å². The molecule has 23 heavy (non-hydrogen) atoms. The van der Waals surface area contributed by atoms with Gasteiger partial charge in [0.2, 0.25) is 5.91 Å². The van der Waals surface area contributed by atoms with E-state index >= 15 is 0 Å². The molecule has 122 valence electrons. The van der Waals surface area contributed by atoms with Gasteiger partial charge in [0.05, 0.1) is 11.6 Å². The molecular formula is C17H17F3N2O. The van der Waals surface area contributed by atoms with E-state index in [4.69, 9.17) is 5.73 Å². The van der Waals surface area contributed by atoms with Crippen LogP contribution in [0.5, 0.6) is 0 Å². The molecule has 2 rings (SSSR count). The van der Waals surface area contributed by atoms with Crippen LogP contribution in [0.25, 0.3) is 0 Å². The summed E-state index contributed by atoms with van der Waals surface area (Å²) in [6.45, 7) is 0. The Hall–Kier alpha value is -2.34. The van der Waals surface area contributed by atoms with E-state index in [0.29, 0.717) is 12.8 Å². The van der Waals surface area contributed by atoms with Crippen LogP contribution < -0.4 is 11.1 Å². The zero-order valence-corrected chi connectivity index (χ0v) is 12.3. The minimum Gasteiger partial charge on any atom is -0.325 e. The van der Waals surface area contributed by atoms with Crippen LogP contribution in [0.1, 0.15) is 17.5 Å². The van der Waals surface area contributed by atoms with E-state index in [9.17, 15) is 18.0 Å². The largest absolute Gasteiger partial charge is 0.416 e. The van der Waals surface area contributed by atoms with Crippen molar-refractivity contribution in [3.8, 4) is 0 Å². The van der Waals surface area contributed by atoms with Gasteiger partial charge in [0.1, 0.15) is 0 Å². The fraction of sp³-hybridized carbons (Fsp3) is 0.235. The van der Waals surface area contributed by atoms with Gasteiger partial charge in [0.25, 0.3) is 0 Å². The first-order valence-electron chi connectivity index (χ1n) is 7.14. The number of aryl methyl sites for hydroxylation is 1. The second kappa shape index (κ2) is 7.28. The fourth-order valence-corrected chi connectivity index (χ4v) is 2.11. The maximum Gasteiger partial charge on any atom is 0.416 e. The van der Waals surface area contributed by atoms with Crippen molar-refractivity contribution in [1.29, 1.82) is 0 Å². The summed E-state index contributed by atoms with van der Waals surface area (Å²) in [5.41, 5.74) is 6.12. The molecule has 0 bridgehead atoms. The van der Waals surface area contributed by atoms with Crippen LogP contribution in [-0.4, -0.2) is 11.9 Å². The number of nitrogens with one attached hydrogen (secondary N) is 1. The molecule has 2 aromatic carbocycles. The Labute approximate surface area is 132 Å². The molecular weight excluding hydrogens is 305 g/mol. The maximum atomic E-state index is 12.6. The standard InChI is InChI=1S/C17H17F3N2O/c18-17(19,20)13-7-4-8-14(11-13)22-16(23)15(21)10-9-12-5-2-1-3-6-12/h1-8,11,15H,9-10,21H2,(H,22,23)/t15-/m0/s1. The number of halogens is 3. The number of hydrogen-bond donors (Lipinski definition) is 2. The monoisotopic (exact) mass is 322 g/mol. The number of nitrogens with two attached hydrogens (primary N) is 1. The van der Waals surface area contributed by atoms with Gasteiger partial charge in [-0.3, -0.25) is 4.79 Å². The number of carbonyl (C=O) groups is 1. The molecule has 0 spiro atoms. The normalized spacial score (nSPS) is 12.7. The molecule has 6 heteroatoms. The Morgan fingerprint density at radius 3 is 2.43 bits per heavy atom. The Kier molecular flexibility index (Phi) is 5.39. The Morgan fingerprint density at radius 1 is 1.09 bits per heavy atom. The summed E-state index contributed by atoms with van der Waals surface area (Å²) in [6, 6.07) is 13.2. The molecule has 1 amide bonds. The molecule has 2 aromatic rings. The van der Waals surface area contributed by atoms with Gasteiger partial charge in [-0.2, -0.15) is 13.2 Å². The topological polar surface area (TPSA) is 55.1 Å². The van der Waals surface area contributed by atoms with Crippen molar-refractivity contribution in [2.45, 2.75) is 25.1 Å². The van der Waals surface area contributed by atoms with Crippen molar-refractivity contribution in [3.63, 3.8) is 0 Å². The zero-order chi connectivity index (χ0) is 16.9. The third kappa shape index (κ3) is 5.10. The lowest BCUT2D eigenvalue weighted by Gasteiger charge is -2.13. The number of rotatable bonds is 5. The average molecular weight is 322 g/mol. The smallest absolute Gasteiger partial charge is 0.325 e. The van der Waals surface area contributed by atoms with E-state index in [2.05, 4.69) is 5.32 Å². The number of amides is 1. The number of carbonyl (C=O) groups excluding carboxylic acids is 1. The predicted molar refractivity (Wildman–Crippen MR) is 82.8 cm³/mol. The first kappa shape index (κ1) is 17.0. The molecule has 0 heterocycles. The first-order valence-corrected chi connectivity index (χ1v) is 7.14. The van der Waals surface area contributed by atoms with Crippen molar-refractivity contribution in [2.24, 2.45) is 5.73 Å². The highest BCUT2D eigenvalue weighted by Crippen LogP contribution is 2.30. The summed E-state index contributed by atoms with van der Waals surface area (Å²) in [6.07, 6.45) is -3.41. The van der Waals surface area contributed by atoms with Gasteiger partial charge < -0.3 is 11.1 Å². The number of alkyl halides is 3. The number of benzene rings is 2. The Morgan fingerprint density at radius 2 is 1.78 bits per heavy atom. The van der Waals surface area contributed by atoms with Gasteiger partial charge in [-0.25, -0.2) is 0 Å². The van der Waals surface area contributed by atoms with Gasteiger partial charge >= 0.3 is 6.18 Å². The molecule has 0 fully saturated rings. The lowest BCUT2D eigenvalue weighted by atomic mass is 10.1. The van der Waals surface area contributed by atoms with Gasteiger partial charge in [-0.15, -0.1) is 0 Å². The van der Waals surface area contributed by atoms with E-state index in [-0.39, 0.29) is 5.69 Å². The molecule has 0 saturated heterocycles. The third-order valence-electron chi connectivity index (χ3n) is 3.38. The fourth-order valence-electron chi connectivity index (χ4n) is 2.11. The molecule has 0 saturated carbocycles. The molecule has 1 atom stereocenters. The Bertz CT molecular complexity index is 656. The van der Waals surface area contributed by atoms with Crippen LogP contribution >= 0.6 is 0 Å². The van der Waals surface area contributed by atoms with Crippen LogP contribution in [-0.2, 0) is 17.4 Å². The highest BCUT2D eigenvalue weighted by Gasteiger charge is 2.30. The van der Waals surface area contributed by atoms with Crippen LogP contribution in [0.15, 0.2) is 54.6 Å². The van der Waals surface area contributed by atoms with E-state index in [0.717, 1.165) is 17.7 Å². The van der Waals surface area contributed by atoms with E-state index < -0.39 is 23.7 Å². The quantitative estimate of drug-likeness (QED) is 0.883. The summed E-state index contributed by atoms with van der Waals surface area (Å²) in [4.78, 5) is 12.0. The number of anilines is 1. The van der Waals surface area contributed by atoms with E-state index in [1.54, 1.807) is 0 Å². The minimum absolute atomic E-state index is 0.0833. The predicted octanol–water partition coefficient (Wildman–Crippen LogP) is 3.60. The van der Waals surface area contributed by atoms with Gasteiger partial charge in [0.15, 0.2) is 0 Å². The molecule has 0 radical (unpaired) electrons. The summed E-state index contributed by atoms with van der Waals surface area (Å²) < 4.78 is 37.9. The SMILES string of the molecule is N[C@@H](CCc1ccccc1)C(=O)Nc1cccc(C(F)(F)F)c1. The van der Waals surface area contributed by atoms with Gasteiger partial charge in [0, 0.05) is 5.69 Å². The average Bonchev–Trinajstić information content (AvgIpc) is 2.53. The van der Waals surface area contributed by atoms with E-state index in [1.807, 2.05) is 30.3 Å². The van der Waals surface area contributed by atoms with Gasteiger partial charge in [-0.05, 0) is 36.6 Å². The van der Waals surface area contributed by atoms with Crippen molar-refractivity contribution in [2.75, 3.05) is 5.32 Å². The maximum absolute atomic E-state index is 12.6. The second-order valence-corrected chi connectivity index (χ2v) is 5.20. The van der Waals surface area contributed by atoms with Crippen LogP contribution in [0.2, 0.25) is 0 Å². The highest BCUT2D eigenvalue weighted by molar-refractivity contribution is 5.94. The van der Waals surface area contributed by atoms with Crippen LogP contribution in [0.4, 0.5) is 18.9 Å². The Balaban J connectivity index is 1.93. The summed E-state index contributed by atoms with van der Waals surface area (Å²) in [7, 11) is 0. The first-order chi connectivity index (χ1) is 10.9. The third-order valence-corrected chi connectivity index (χ3v) is 3.38. The minimum atomic E-state index is -4.45. The molecule has 0 aliphatic carbocycles. The summed E-state index contributed by atoms with van der Waals surface area (Å²) >= 11 is 0. The van der Waals surface area contributed by atoms with Crippen LogP contribution in [0.3, 0.4) is 0 Å².